The fourth-order valence-electron chi connectivity index (χ4n) is 1.10. The maximum absolute atomic E-state index is 8.53. The summed E-state index contributed by atoms with van der Waals surface area (Å²) >= 11 is 0. The predicted octanol–water partition coefficient (Wildman–Crippen LogP) is -1.41. The van der Waals surface area contributed by atoms with E-state index in [1.165, 1.54) is 0 Å². The normalized spacial score (nSPS) is 10.9. The number of unbranched alkanes of at least 4 members (excludes halogenated alkanes) is 1. The third-order valence-corrected chi connectivity index (χ3v) is 1.75. The SMILES string of the molecule is CNCC(N)CCCCB(O)O.O=C=O. The van der Waals surface area contributed by atoms with E-state index in [0.29, 0.717) is 6.32 Å². The van der Waals surface area contributed by atoms with E-state index < -0.39 is 7.12 Å². The number of nitrogens with two attached hydrogens (primary N) is 1. The van der Waals surface area contributed by atoms with E-state index in [1.807, 2.05) is 7.05 Å². The Labute approximate surface area is 90.0 Å². The van der Waals surface area contributed by atoms with Crippen LogP contribution >= 0.6 is 0 Å². The Bertz CT molecular complexity index is 163. The number of rotatable bonds is 7. The van der Waals surface area contributed by atoms with E-state index in [-0.39, 0.29) is 12.2 Å². The highest BCUT2D eigenvalue weighted by molar-refractivity contribution is 6.40. The van der Waals surface area contributed by atoms with E-state index in [1.54, 1.807) is 0 Å². The Morgan fingerprint density at radius 3 is 2.33 bits per heavy atom. The van der Waals surface area contributed by atoms with Crippen LogP contribution in [-0.4, -0.2) is 43.0 Å². The largest absolute Gasteiger partial charge is 0.451 e. The molecule has 0 aromatic heterocycles. The number of hydrogen-bond acceptors (Lipinski definition) is 6. The Morgan fingerprint density at radius 1 is 1.40 bits per heavy atom. The molecule has 0 aromatic carbocycles. The predicted molar refractivity (Wildman–Crippen MR) is 55.8 cm³/mol. The summed E-state index contributed by atoms with van der Waals surface area (Å²) in [6, 6.07) is 0.186. The summed E-state index contributed by atoms with van der Waals surface area (Å²) in [5.41, 5.74) is 5.71. The zero-order valence-corrected chi connectivity index (χ0v) is 8.98. The van der Waals surface area contributed by atoms with Crippen molar-refractivity contribution in [3.8, 4) is 0 Å². The second-order valence-electron chi connectivity index (χ2n) is 3.17. The summed E-state index contributed by atoms with van der Waals surface area (Å²) in [5, 5.41) is 20.1. The third-order valence-electron chi connectivity index (χ3n) is 1.75. The summed E-state index contributed by atoms with van der Waals surface area (Å²) in [4.78, 5) is 16.2. The highest BCUT2D eigenvalue weighted by Crippen LogP contribution is 2.03. The van der Waals surface area contributed by atoms with Gasteiger partial charge in [0, 0.05) is 12.6 Å². The van der Waals surface area contributed by atoms with Crippen LogP contribution in [0.25, 0.3) is 0 Å². The molecular formula is C8H19BN2O4. The van der Waals surface area contributed by atoms with Gasteiger partial charge in [-0.25, -0.2) is 0 Å². The van der Waals surface area contributed by atoms with E-state index in [9.17, 15) is 0 Å². The van der Waals surface area contributed by atoms with Gasteiger partial charge in [0.05, 0.1) is 0 Å². The van der Waals surface area contributed by atoms with Crippen molar-refractivity contribution in [3.05, 3.63) is 0 Å². The minimum Gasteiger partial charge on any atom is -0.427 e. The second-order valence-corrected chi connectivity index (χ2v) is 3.17. The van der Waals surface area contributed by atoms with Gasteiger partial charge in [-0.2, -0.15) is 9.59 Å². The molecule has 0 bridgehead atoms. The van der Waals surface area contributed by atoms with Crippen LogP contribution in [0.4, 0.5) is 0 Å². The molecular weight excluding hydrogens is 199 g/mol. The summed E-state index contributed by atoms with van der Waals surface area (Å²) in [5.74, 6) is 0. The molecule has 0 saturated heterocycles. The smallest absolute Gasteiger partial charge is 0.427 e. The van der Waals surface area contributed by atoms with Crippen molar-refractivity contribution in [2.45, 2.75) is 31.6 Å². The zero-order chi connectivity index (χ0) is 12.1. The Kier molecular flexibility index (Phi) is 14.8. The minimum atomic E-state index is -1.16. The van der Waals surface area contributed by atoms with Crippen molar-refractivity contribution in [1.82, 2.24) is 5.32 Å². The lowest BCUT2D eigenvalue weighted by Crippen LogP contribution is -2.31. The lowest BCUT2D eigenvalue weighted by Gasteiger charge is -2.09. The Hall–Kier alpha value is -0.715. The molecule has 0 aliphatic heterocycles. The van der Waals surface area contributed by atoms with Gasteiger partial charge < -0.3 is 21.1 Å². The first kappa shape index (κ1) is 16.7. The maximum Gasteiger partial charge on any atom is 0.451 e. The van der Waals surface area contributed by atoms with Crippen LogP contribution in [0.3, 0.4) is 0 Å². The molecule has 0 heterocycles. The van der Waals surface area contributed by atoms with Crippen molar-refractivity contribution in [2.24, 2.45) is 5.73 Å². The van der Waals surface area contributed by atoms with Gasteiger partial charge in [0.1, 0.15) is 0 Å². The van der Waals surface area contributed by atoms with Crippen molar-refractivity contribution < 1.29 is 19.6 Å². The highest BCUT2D eigenvalue weighted by Gasteiger charge is 2.06. The van der Waals surface area contributed by atoms with Gasteiger partial charge in [-0.3, -0.25) is 0 Å². The Balaban J connectivity index is 0. The first-order valence-corrected chi connectivity index (χ1v) is 4.84. The van der Waals surface area contributed by atoms with Crippen LogP contribution < -0.4 is 11.1 Å². The molecule has 0 spiro atoms. The van der Waals surface area contributed by atoms with Crippen molar-refractivity contribution in [2.75, 3.05) is 13.6 Å². The lowest BCUT2D eigenvalue weighted by molar-refractivity contribution is -0.191. The van der Waals surface area contributed by atoms with Gasteiger partial charge >= 0.3 is 13.3 Å². The summed E-state index contributed by atoms with van der Waals surface area (Å²) in [6.07, 6.45) is 3.43. The molecule has 0 saturated carbocycles. The van der Waals surface area contributed by atoms with E-state index >= 15 is 0 Å². The zero-order valence-electron chi connectivity index (χ0n) is 8.98. The van der Waals surface area contributed by atoms with Crippen LogP contribution in [0.5, 0.6) is 0 Å². The number of nitrogens with one attached hydrogen (secondary N) is 1. The van der Waals surface area contributed by atoms with Crippen LogP contribution in [0.15, 0.2) is 0 Å². The molecule has 0 aliphatic carbocycles. The molecule has 1 unspecified atom stereocenters. The van der Waals surface area contributed by atoms with Gasteiger partial charge in [0.2, 0.25) is 0 Å². The third kappa shape index (κ3) is 19.6. The minimum absolute atomic E-state index is 0.186. The summed E-state index contributed by atoms with van der Waals surface area (Å²) in [6.45, 7) is 0.821. The number of carbonyl (C=O) groups excluding carboxylic acids is 2. The van der Waals surface area contributed by atoms with Crippen LogP contribution in [0.2, 0.25) is 6.32 Å². The first-order chi connectivity index (χ1) is 7.08. The lowest BCUT2D eigenvalue weighted by atomic mass is 9.83. The number of hydrogen-bond donors (Lipinski definition) is 4. The molecule has 1 atom stereocenters. The highest BCUT2D eigenvalue weighted by atomic mass is 16.4. The molecule has 0 aromatic rings. The quantitative estimate of drug-likeness (QED) is 0.308. The molecule has 0 amide bonds. The summed E-state index contributed by atoms with van der Waals surface area (Å²) in [7, 11) is 0.711. The van der Waals surface area contributed by atoms with E-state index in [2.05, 4.69) is 5.32 Å². The van der Waals surface area contributed by atoms with Gasteiger partial charge in [-0.15, -0.1) is 0 Å². The first-order valence-electron chi connectivity index (χ1n) is 4.84. The van der Waals surface area contributed by atoms with Crippen LogP contribution in [0.1, 0.15) is 19.3 Å². The molecule has 6 nitrogen and oxygen atoms in total. The standard InChI is InChI=1S/C7H19BN2O2.CO2/c1-10-6-7(9)4-2-3-5-8(11)12;2-1-3/h7,10-12H,2-6,9H2,1H3;. The van der Waals surface area contributed by atoms with Gasteiger partial charge in [0.15, 0.2) is 0 Å². The van der Waals surface area contributed by atoms with Crippen LogP contribution in [-0.2, 0) is 9.59 Å². The topological polar surface area (TPSA) is 113 Å². The van der Waals surface area contributed by atoms with Crippen molar-refractivity contribution in [1.29, 1.82) is 0 Å². The summed E-state index contributed by atoms with van der Waals surface area (Å²) < 4.78 is 0. The average molecular weight is 218 g/mol. The van der Waals surface area contributed by atoms with Crippen LogP contribution in [0, 0.1) is 0 Å². The van der Waals surface area contributed by atoms with E-state index in [0.717, 1.165) is 25.8 Å². The van der Waals surface area contributed by atoms with Gasteiger partial charge in [-0.05, 0) is 19.8 Å². The van der Waals surface area contributed by atoms with Crippen molar-refractivity contribution >= 4 is 13.3 Å². The molecule has 15 heavy (non-hydrogen) atoms. The molecule has 7 heteroatoms. The maximum atomic E-state index is 8.53. The fraction of sp³-hybridized carbons (Fsp3) is 0.875. The molecule has 0 aliphatic rings. The monoisotopic (exact) mass is 218 g/mol. The van der Waals surface area contributed by atoms with Gasteiger partial charge in [-0.1, -0.05) is 12.8 Å². The molecule has 0 rings (SSSR count). The van der Waals surface area contributed by atoms with Gasteiger partial charge in [0.25, 0.3) is 0 Å². The fourth-order valence-corrected chi connectivity index (χ4v) is 1.10. The van der Waals surface area contributed by atoms with E-state index in [4.69, 9.17) is 25.4 Å². The molecule has 5 N–H and O–H groups in total. The average Bonchev–Trinajstić information content (AvgIpc) is 2.14. The number of likely N-dealkylation sites (N-methyl/N-ethyl adjacent to an activating group) is 1. The second kappa shape index (κ2) is 13.3. The van der Waals surface area contributed by atoms with Crippen molar-refractivity contribution in [3.63, 3.8) is 0 Å². The molecule has 0 fully saturated rings. The molecule has 88 valence electrons. The molecule has 0 radical (unpaired) electrons. The Morgan fingerprint density at radius 2 is 1.93 bits per heavy atom.